The summed E-state index contributed by atoms with van der Waals surface area (Å²) < 4.78 is 0. The van der Waals surface area contributed by atoms with Crippen molar-refractivity contribution in [1.29, 1.82) is 0 Å². The van der Waals surface area contributed by atoms with Crippen LogP contribution in [0, 0.1) is 5.92 Å². The number of hydrogen-bond acceptors (Lipinski definition) is 2. The predicted molar refractivity (Wildman–Crippen MR) is 77.6 cm³/mol. The van der Waals surface area contributed by atoms with E-state index in [-0.39, 0.29) is 6.04 Å². The monoisotopic (exact) mass is 246 g/mol. The lowest BCUT2D eigenvalue weighted by Crippen LogP contribution is -2.42. The van der Waals surface area contributed by atoms with Crippen LogP contribution < -0.4 is 5.73 Å². The van der Waals surface area contributed by atoms with Crippen LogP contribution in [0.5, 0.6) is 0 Å². The molecular formula is C16H26N2. The maximum atomic E-state index is 6.28. The zero-order valence-electron chi connectivity index (χ0n) is 11.5. The molecule has 0 spiro atoms. The number of nitrogens with two attached hydrogens (primary N) is 1. The van der Waals surface area contributed by atoms with E-state index in [0.717, 1.165) is 25.4 Å². The molecule has 0 radical (unpaired) electrons. The Labute approximate surface area is 111 Å². The molecule has 1 atom stereocenters. The smallest absolute Gasteiger partial charge is 0.0208 e. The molecule has 0 aromatic heterocycles. The van der Waals surface area contributed by atoms with Crippen LogP contribution in [0.15, 0.2) is 30.3 Å². The van der Waals surface area contributed by atoms with Crippen molar-refractivity contribution in [3.05, 3.63) is 35.9 Å². The standard InChI is InChI=1S/C16H26N2/c1-2-18(12-15-9-6-10-15)13-16(17)11-14-7-4-3-5-8-14/h3-5,7-8,15-16H,2,6,9-13,17H2,1H3/t16-/m0/s1. The first-order chi connectivity index (χ1) is 8.78. The Kier molecular flexibility index (Phi) is 5.21. The van der Waals surface area contributed by atoms with E-state index >= 15 is 0 Å². The van der Waals surface area contributed by atoms with Crippen LogP contribution in [0.2, 0.25) is 0 Å². The van der Waals surface area contributed by atoms with Crippen molar-refractivity contribution in [2.24, 2.45) is 11.7 Å². The number of nitrogens with zero attached hydrogens (tertiary/aromatic N) is 1. The van der Waals surface area contributed by atoms with E-state index in [4.69, 9.17) is 5.73 Å². The van der Waals surface area contributed by atoms with Gasteiger partial charge in [-0.15, -0.1) is 0 Å². The maximum absolute atomic E-state index is 6.28. The van der Waals surface area contributed by atoms with Crippen LogP contribution in [-0.2, 0) is 6.42 Å². The van der Waals surface area contributed by atoms with Gasteiger partial charge in [-0.3, -0.25) is 0 Å². The second-order valence-electron chi connectivity index (χ2n) is 5.60. The number of hydrogen-bond donors (Lipinski definition) is 1. The third-order valence-electron chi connectivity index (χ3n) is 4.02. The second kappa shape index (κ2) is 6.91. The summed E-state index contributed by atoms with van der Waals surface area (Å²) >= 11 is 0. The number of likely N-dealkylation sites (N-methyl/N-ethyl adjacent to an activating group) is 1. The Hall–Kier alpha value is -0.860. The lowest BCUT2D eigenvalue weighted by Gasteiger charge is -2.33. The van der Waals surface area contributed by atoms with E-state index in [1.54, 1.807) is 0 Å². The van der Waals surface area contributed by atoms with Crippen LogP contribution in [-0.4, -0.2) is 30.6 Å². The minimum atomic E-state index is 0.257. The van der Waals surface area contributed by atoms with E-state index < -0.39 is 0 Å². The van der Waals surface area contributed by atoms with Crippen molar-refractivity contribution < 1.29 is 0 Å². The van der Waals surface area contributed by atoms with Crippen molar-refractivity contribution in [1.82, 2.24) is 4.90 Å². The van der Waals surface area contributed by atoms with E-state index in [2.05, 4.69) is 42.2 Å². The zero-order valence-corrected chi connectivity index (χ0v) is 11.5. The molecule has 0 saturated heterocycles. The molecule has 1 aromatic rings. The van der Waals surface area contributed by atoms with Crippen LogP contribution in [0.3, 0.4) is 0 Å². The van der Waals surface area contributed by atoms with E-state index in [9.17, 15) is 0 Å². The Morgan fingerprint density at radius 3 is 2.56 bits per heavy atom. The highest BCUT2D eigenvalue weighted by Gasteiger charge is 2.20. The average Bonchev–Trinajstić information content (AvgIpc) is 2.33. The largest absolute Gasteiger partial charge is 0.326 e. The molecule has 0 aliphatic heterocycles. The highest BCUT2D eigenvalue weighted by atomic mass is 15.1. The first kappa shape index (κ1) is 13.6. The summed E-state index contributed by atoms with van der Waals surface area (Å²) in [6.07, 6.45) is 5.26. The minimum Gasteiger partial charge on any atom is -0.326 e. The van der Waals surface area contributed by atoms with Gasteiger partial charge in [-0.05, 0) is 37.3 Å². The topological polar surface area (TPSA) is 29.3 Å². The SMILES string of the molecule is CCN(CC1CCC1)C[C@@H](N)Cc1ccccc1. The Morgan fingerprint density at radius 1 is 1.28 bits per heavy atom. The third-order valence-corrected chi connectivity index (χ3v) is 4.02. The van der Waals surface area contributed by atoms with E-state index in [1.807, 2.05) is 0 Å². The third kappa shape index (κ3) is 4.11. The van der Waals surface area contributed by atoms with Crippen LogP contribution in [0.25, 0.3) is 0 Å². The van der Waals surface area contributed by atoms with Crippen LogP contribution >= 0.6 is 0 Å². The molecule has 100 valence electrons. The average molecular weight is 246 g/mol. The molecule has 0 heterocycles. The molecule has 2 N–H and O–H groups in total. The highest BCUT2D eigenvalue weighted by Crippen LogP contribution is 2.27. The molecule has 2 rings (SSSR count). The van der Waals surface area contributed by atoms with Gasteiger partial charge in [-0.2, -0.15) is 0 Å². The molecule has 2 nitrogen and oxygen atoms in total. The van der Waals surface area contributed by atoms with Gasteiger partial charge in [-0.25, -0.2) is 0 Å². The van der Waals surface area contributed by atoms with Gasteiger partial charge in [0.05, 0.1) is 0 Å². The maximum Gasteiger partial charge on any atom is 0.0208 e. The quantitative estimate of drug-likeness (QED) is 0.801. The molecule has 18 heavy (non-hydrogen) atoms. The molecule has 0 amide bonds. The number of benzene rings is 1. The van der Waals surface area contributed by atoms with Gasteiger partial charge in [-0.1, -0.05) is 43.7 Å². The zero-order chi connectivity index (χ0) is 12.8. The van der Waals surface area contributed by atoms with Crippen molar-refractivity contribution >= 4 is 0 Å². The normalized spacial score (nSPS) is 17.7. The summed E-state index contributed by atoms with van der Waals surface area (Å²) in [6, 6.07) is 10.8. The van der Waals surface area contributed by atoms with Crippen LogP contribution in [0.1, 0.15) is 31.7 Å². The van der Waals surface area contributed by atoms with Gasteiger partial charge >= 0.3 is 0 Å². The molecule has 0 unspecified atom stereocenters. The van der Waals surface area contributed by atoms with Crippen molar-refractivity contribution in [3.8, 4) is 0 Å². The lowest BCUT2D eigenvalue weighted by atomic mass is 9.85. The van der Waals surface area contributed by atoms with Crippen molar-refractivity contribution in [2.45, 2.75) is 38.6 Å². The lowest BCUT2D eigenvalue weighted by molar-refractivity contribution is 0.176. The second-order valence-corrected chi connectivity index (χ2v) is 5.60. The molecule has 1 fully saturated rings. The van der Waals surface area contributed by atoms with Crippen LogP contribution in [0.4, 0.5) is 0 Å². The molecule has 1 saturated carbocycles. The van der Waals surface area contributed by atoms with E-state index in [1.165, 1.54) is 31.4 Å². The Balaban J connectivity index is 1.75. The summed E-state index contributed by atoms with van der Waals surface area (Å²) in [4.78, 5) is 2.53. The fourth-order valence-electron chi connectivity index (χ4n) is 2.69. The number of rotatable bonds is 7. The van der Waals surface area contributed by atoms with Gasteiger partial charge in [0, 0.05) is 19.1 Å². The van der Waals surface area contributed by atoms with Gasteiger partial charge in [0.1, 0.15) is 0 Å². The van der Waals surface area contributed by atoms with Gasteiger partial charge < -0.3 is 10.6 Å². The van der Waals surface area contributed by atoms with Gasteiger partial charge in [0.15, 0.2) is 0 Å². The first-order valence-electron chi connectivity index (χ1n) is 7.29. The summed E-state index contributed by atoms with van der Waals surface area (Å²) in [5, 5.41) is 0. The Morgan fingerprint density at radius 2 is 2.00 bits per heavy atom. The van der Waals surface area contributed by atoms with Gasteiger partial charge in [0.2, 0.25) is 0 Å². The molecule has 0 bridgehead atoms. The molecule has 1 aliphatic carbocycles. The summed E-state index contributed by atoms with van der Waals surface area (Å²) in [7, 11) is 0. The molecule has 1 aromatic carbocycles. The Bertz CT molecular complexity index is 332. The first-order valence-corrected chi connectivity index (χ1v) is 7.29. The highest BCUT2D eigenvalue weighted by molar-refractivity contribution is 5.15. The molecule has 1 aliphatic rings. The van der Waals surface area contributed by atoms with Gasteiger partial charge in [0.25, 0.3) is 0 Å². The van der Waals surface area contributed by atoms with E-state index in [0.29, 0.717) is 0 Å². The minimum absolute atomic E-state index is 0.257. The molecular weight excluding hydrogens is 220 g/mol. The fraction of sp³-hybridized carbons (Fsp3) is 0.625. The molecule has 2 heteroatoms. The van der Waals surface area contributed by atoms with Crippen molar-refractivity contribution in [3.63, 3.8) is 0 Å². The van der Waals surface area contributed by atoms with Crippen molar-refractivity contribution in [2.75, 3.05) is 19.6 Å². The predicted octanol–water partition coefficient (Wildman–Crippen LogP) is 2.68. The summed E-state index contributed by atoms with van der Waals surface area (Å²) in [5.41, 5.74) is 7.63. The summed E-state index contributed by atoms with van der Waals surface area (Å²) in [6.45, 7) is 5.65. The summed E-state index contributed by atoms with van der Waals surface area (Å²) in [5.74, 6) is 0.939. The fourth-order valence-corrected chi connectivity index (χ4v) is 2.69.